The lowest BCUT2D eigenvalue weighted by atomic mass is 9.95. The second kappa shape index (κ2) is 5.75. The molecule has 2 N–H and O–H groups in total. The third-order valence-electron chi connectivity index (χ3n) is 2.33. The Morgan fingerprint density at radius 3 is 2.44 bits per heavy atom. The first-order valence-electron chi connectivity index (χ1n) is 5.09. The van der Waals surface area contributed by atoms with Gasteiger partial charge in [0.25, 0.3) is 0 Å². The van der Waals surface area contributed by atoms with E-state index in [-0.39, 0.29) is 19.0 Å². The lowest BCUT2D eigenvalue weighted by Gasteiger charge is -2.25. The number of carbonyl (C=O) groups is 1. The van der Waals surface area contributed by atoms with Crippen LogP contribution in [-0.2, 0) is 4.74 Å². The molecule has 1 unspecified atom stereocenters. The molecule has 0 aliphatic rings. The summed E-state index contributed by atoms with van der Waals surface area (Å²) in [6, 6.07) is 8.63. The van der Waals surface area contributed by atoms with Gasteiger partial charge in [0.1, 0.15) is 0 Å². The van der Waals surface area contributed by atoms with Crippen molar-refractivity contribution in [2.75, 3.05) is 19.8 Å². The third kappa shape index (κ3) is 2.88. The Balaban J connectivity index is 2.84. The summed E-state index contributed by atoms with van der Waals surface area (Å²) in [7, 11) is 0. The summed E-state index contributed by atoms with van der Waals surface area (Å²) >= 11 is 0. The molecule has 0 aliphatic heterocycles. The summed E-state index contributed by atoms with van der Waals surface area (Å²) in [5.41, 5.74) is -0.804. The van der Waals surface area contributed by atoms with Crippen LogP contribution in [0.5, 0.6) is 0 Å². The highest BCUT2D eigenvalue weighted by Crippen LogP contribution is 2.17. The average Bonchev–Trinajstić information content (AvgIpc) is 2.36. The number of ketones is 1. The maximum Gasteiger partial charge on any atom is 0.196 e. The van der Waals surface area contributed by atoms with E-state index in [1.165, 1.54) is 6.92 Å². The summed E-state index contributed by atoms with van der Waals surface area (Å²) in [6.45, 7) is 0.937. The van der Waals surface area contributed by atoms with Gasteiger partial charge in [-0.2, -0.15) is 0 Å². The molecule has 0 bridgehead atoms. The first-order chi connectivity index (χ1) is 7.64. The molecule has 0 saturated heterocycles. The van der Waals surface area contributed by atoms with Crippen LogP contribution < -0.4 is 0 Å². The van der Waals surface area contributed by atoms with E-state index >= 15 is 0 Å². The van der Waals surface area contributed by atoms with Crippen LogP contribution in [0.2, 0.25) is 0 Å². The average molecular weight is 224 g/mol. The van der Waals surface area contributed by atoms with Crippen LogP contribution in [0.25, 0.3) is 0 Å². The number of hydrogen-bond donors (Lipinski definition) is 2. The molecular weight excluding hydrogens is 208 g/mol. The fraction of sp³-hybridized carbons (Fsp3) is 0.417. The highest BCUT2D eigenvalue weighted by atomic mass is 16.5. The minimum absolute atomic E-state index is 0.0234. The second-order valence-corrected chi connectivity index (χ2v) is 3.66. The van der Waals surface area contributed by atoms with Crippen molar-refractivity contribution in [1.29, 1.82) is 0 Å². The Hall–Kier alpha value is -1.23. The molecule has 16 heavy (non-hydrogen) atoms. The maximum atomic E-state index is 12.0. The van der Waals surface area contributed by atoms with Crippen molar-refractivity contribution in [3.8, 4) is 0 Å². The zero-order valence-electron chi connectivity index (χ0n) is 9.22. The lowest BCUT2D eigenvalue weighted by Crippen LogP contribution is -2.43. The van der Waals surface area contributed by atoms with Gasteiger partial charge in [-0.25, -0.2) is 0 Å². The molecule has 4 nitrogen and oxygen atoms in total. The number of aliphatic hydroxyl groups is 2. The van der Waals surface area contributed by atoms with E-state index in [9.17, 15) is 9.90 Å². The Bertz CT molecular complexity index is 336. The van der Waals surface area contributed by atoms with Crippen molar-refractivity contribution in [3.63, 3.8) is 0 Å². The van der Waals surface area contributed by atoms with E-state index < -0.39 is 12.2 Å². The first-order valence-corrected chi connectivity index (χ1v) is 5.09. The van der Waals surface area contributed by atoms with Crippen LogP contribution in [-0.4, -0.2) is 41.4 Å². The zero-order valence-corrected chi connectivity index (χ0v) is 9.22. The summed E-state index contributed by atoms with van der Waals surface area (Å²) in [5, 5.41) is 17.9. The number of carbonyl (C=O) groups excluding carboxylic acids is 1. The van der Waals surface area contributed by atoms with Gasteiger partial charge in [-0.15, -0.1) is 0 Å². The second-order valence-electron chi connectivity index (χ2n) is 3.66. The molecule has 0 saturated carbocycles. The molecule has 0 fully saturated rings. The molecule has 0 amide bonds. The monoisotopic (exact) mass is 224 g/mol. The van der Waals surface area contributed by atoms with Crippen LogP contribution in [0, 0.1) is 0 Å². The molecule has 1 atom stereocenters. The Kier molecular flexibility index (Phi) is 4.61. The number of ether oxygens (including phenoxy) is 1. The van der Waals surface area contributed by atoms with Crippen molar-refractivity contribution in [2.24, 2.45) is 0 Å². The molecule has 1 aromatic carbocycles. The third-order valence-corrected chi connectivity index (χ3v) is 2.33. The molecule has 0 aromatic heterocycles. The molecule has 4 heteroatoms. The van der Waals surface area contributed by atoms with E-state index in [2.05, 4.69) is 0 Å². The van der Waals surface area contributed by atoms with Crippen molar-refractivity contribution in [3.05, 3.63) is 35.9 Å². The van der Waals surface area contributed by atoms with Crippen molar-refractivity contribution in [1.82, 2.24) is 0 Å². The molecule has 0 heterocycles. The van der Waals surface area contributed by atoms with E-state index in [1.54, 1.807) is 24.3 Å². The first kappa shape index (κ1) is 12.8. The van der Waals surface area contributed by atoms with Gasteiger partial charge in [0.05, 0.1) is 19.8 Å². The minimum atomic E-state index is -1.29. The Morgan fingerprint density at radius 2 is 1.94 bits per heavy atom. The van der Waals surface area contributed by atoms with Gasteiger partial charge in [0.2, 0.25) is 0 Å². The minimum Gasteiger partial charge on any atom is -0.394 e. The zero-order chi connectivity index (χ0) is 12.0. The Morgan fingerprint density at radius 1 is 1.31 bits per heavy atom. The lowest BCUT2D eigenvalue weighted by molar-refractivity contribution is -0.0541. The predicted molar refractivity (Wildman–Crippen MR) is 59.3 cm³/mol. The standard InChI is InChI=1S/C12H16O4/c1-12(9-14,16-8-7-13)11(15)10-5-3-2-4-6-10/h2-6,13-14H,7-9H2,1H3. The van der Waals surface area contributed by atoms with Gasteiger partial charge < -0.3 is 14.9 Å². The molecule has 1 aromatic rings. The predicted octanol–water partition coefficient (Wildman–Crippen LogP) is 0.629. The normalized spacial score (nSPS) is 14.4. The van der Waals surface area contributed by atoms with Crippen LogP contribution in [0.4, 0.5) is 0 Å². The molecule has 0 spiro atoms. The van der Waals surface area contributed by atoms with Gasteiger partial charge >= 0.3 is 0 Å². The fourth-order valence-electron chi connectivity index (χ4n) is 1.35. The maximum absolute atomic E-state index is 12.0. The molecule has 0 radical (unpaired) electrons. The van der Waals surface area contributed by atoms with Gasteiger partial charge in [0.15, 0.2) is 11.4 Å². The van der Waals surface area contributed by atoms with Gasteiger partial charge in [0, 0.05) is 5.56 Å². The quantitative estimate of drug-likeness (QED) is 0.695. The smallest absolute Gasteiger partial charge is 0.196 e. The summed E-state index contributed by atoms with van der Waals surface area (Å²) in [4.78, 5) is 12.0. The number of Topliss-reactive ketones (excluding diaryl/α,β-unsaturated/α-hetero) is 1. The molecular formula is C12H16O4. The van der Waals surface area contributed by atoms with Crippen LogP contribution in [0.15, 0.2) is 30.3 Å². The van der Waals surface area contributed by atoms with E-state index in [0.717, 1.165) is 0 Å². The molecule has 1 rings (SSSR count). The van der Waals surface area contributed by atoms with E-state index in [4.69, 9.17) is 9.84 Å². The topological polar surface area (TPSA) is 66.8 Å². The molecule has 88 valence electrons. The summed E-state index contributed by atoms with van der Waals surface area (Å²) in [5.74, 6) is -0.288. The summed E-state index contributed by atoms with van der Waals surface area (Å²) in [6.07, 6.45) is 0. The van der Waals surface area contributed by atoms with Crippen molar-refractivity contribution >= 4 is 5.78 Å². The largest absolute Gasteiger partial charge is 0.394 e. The van der Waals surface area contributed by atoms with Crippen LogP contribution in [0.3, 0.4) is 0 Å². The van der Waals surface area contributed by atoms with Crippen LogP contribution >= 0.6 is 0 Å². The van der Waals surface area contributed by atoms with Crippen molar-refractivity contribution < 1.29 is 19.7 Å². The highest BCUT2D eigenvalue weighted by molar-refractivity contribution is 6.02. The van der Waals surface area contributed by atoms with Crippen LogP contribution in [0.1, 0.15) is 17.3 Å². The van der Waals surface area contributed by atoms with E-state index in [0.29, 0.717) is 5.56 Å². The SMILES string of the molecule is CC(CO)(OCCO)C(=O)c1ccccc1. The van der Waals surface area contributed by atoms with E-state index in [1.807, 2.05) is 6.07 Å². The van der Waals surface area contributed by atoms with Gasteiger partial charge in [-0.1, -0.05) is 30.3 Å². The summed E-state index contributed by atoms with van der Waals surface area (Å²) < 4.78 is 5.19. The van der Waals surface area contributed by atoms with Gasteiger partial charge in [-0.3, -0.25) is 4.79 Å². The number of benzene rings is 1. The number of rotatable bonds is 6. The van der Waals surface area contributed by atoms with Gasteiger partial charge in [-0.05, 0) is 6.92 Å². The van der Waals surface area contributed by atoms with Crippen molar-refractivity contribution in [2.45, 2.75) is 12.5 Å². The Labute approximate surface area is 94.5 Å². The highest BCUT2D eigenvalue weighted by Gasteiger charge is 2.34. The number of hydrogen-bond acceptors (Lipinski definition) is 4. The molecule has 0 aliphatic carbocycles. The fourth-order valence-corrected chi connectivity index (χ4v) is 1.35. The number of aliphatic hydroxyl groups excluding tert-OH is 2.